The van der Waals surface area contributed by atoms with Crippen molar-refractivity contribution in [2.45, 2.75) is 12.8 Å². The number of ketones is 1. The zero-order valence-electron chi connectivity index (χ0n) is 15.1. The largest absolute Gasteiger partial charge is 0.457 e. The third-order valence-corrected chi connectivity index (χ3v) is 4.42. The number of hydrogen-bond acceptors (Lipinski definition) is 8. The third-order valence-electron chi connectivity index (χ3n) is 4.17. The fourth-order valence-electron chi connectivity index (χ4n) is 2.65. The van der Waals surface area contributed by atoms with E-state index in [4.69, 9.17) is 30.3 Å². The Bertz CT molecular complexity index is 1050. The second-order valence-corrected chi connectivity index (χ2v) is 6.61. The Kier molecular flexibility index (Phi) is 5.44. The molecule has 0 aliphatic carbocycles. The number of carbonyl (C=O) groups excluding carboxylic acids is 2. The number of esters is 1. The molecule has 0 unspecified atom stereocenters. The van der Waals surface area contributed by atoms with Crippen molar-refractivity contribution in [3.05, 3.63) is 58.9 Å². The molecule has 2 heterocycles. The molecule has 9 heteroatoms. The Morgan fingerprint density at radius 3 is 2.69 bits per heavy atom. The average molecular weight is 415 g/mol. The summed E-state index contributed by atoms with van der Waals surface area (Å²) < 4.78 is 20.6. The van der Waals surface area contributed by atoms with Crippen LogP contribution in [0, 0.1) is 0 Å². The number of ether oxygens (including phenoxy) is 3. The Morgan fingerprint density at radius 2 is 1.86 bits per heavy atom. The van der Waals surface area contributed by atoms with E-state index in [0.29, 0.717) is 33.8 Å². The van der Waals surface area contributed by atoms with Gasteiger partial charge in [-0.15, -0.1) is 0 Å². The summed E-state index contributed by atoms with van der Waals surface area (Å²) in [6.07, 6.45) is 0.217. The van der Waals surface area contributed by atoms with Crippen LogP contribution in [0.15, 0.2) is 47.0 Å². The van der Waals surface area contributed by atoms with Gasteiger partial charge in [0.1, 0.15) is 0 Å². The first-order valence-electron chi connectivity index (χ1n) is 8.75. The molecule has 148 valence electrons. The van der Waals surface area contributed by atoms with Gasteiger partial charge in [-0.3, -0.25) is 9.59 Å². The van der Waals surface area contributed by atoms with Crippen molar-refractivity contribution in [3.8, 4) is 22.9 Å². The molecule has 1 aliphatic rings. The fourth-order valence-corrected chi connectivity index (χ4v) is 2.78. The highest BCUT2D eigenvalue weighted by molar-refractivity contribution is 6.30. The summed E-state index contributed by atoms with van der Waals surface area (Å²) in [5.74, 6) is 0.910. The van der Waals surface area contributed by atoms with Crippen molar-refractivity contribution in [2.75, 3.05) is 13.4 Å². The van der Waals surface area contributed by atoms with Crippen LogP contribution >= 0.6 is 11.6 Å². The van der Waals surface area contributed by atoms with E-state index in [2.05, 4.69) is 10.1 Å². The third kappa shape index (κ3) is 4.55. The van der Waals surface area contributed by atoms with Crippen LogP contribution in [0.4, 0.5) is 0 Å². The summed E-state index contributed by atoms with van der Waals surface area (Å²) in [6, 6.07) is 11.8. The van der Waals surface area contributed by atoms with Gasteiger partial charge in [0, 0.05) is 22.6 Å². The molecule has 0 saturated carbocycles. The maximum atomic E-state index is 12.2. The number of fused-ring (bicyclic) bond motifs is 1. The van der Waals surface area contributed by atoms with Crippen LogP contribution in [-0.4, -0.2) is 35.3 Å². The molecule has 0 radical (unpaired) electrons. The van der Waals surface area contributed by atoms with Gasteiger partial charge in [-0.1, -0.05) is 16.8 Å². The van der Waals surface area contributed by atoms with Gasteiger partial charge in [0.25, 0.3) is 0 Å². The number of rotatable bonds is 7. The molecule has 3 aromatic rings. The zero-order chi connectivity index (χ0) is 20.2. The van der Waals surface area contributed by atoms with Crippen molar-refractivity contribution in [1.29, 1.82) is 0 Å². The molecule has 0 atom stereocenters. The van der Waals surface area contributed by atoms with Gasteiger partial charge in [-0.05, 0) is 42.5 Å². The monoisotopic (exact) mass is 414 g/mol. The van der Waals surface area contributed by atoms with Gasteiger partial charge in [0.2, 0.25) is 18.5 Å². The predicted molar refractivity (Wildman–Crippen MR) is 101 cm³/mol. The zero-order valence-corrected chi connectivity index (χ0v) is 15.8. The standard InChI is InChI=1S/C20H15ClN2O6/c21-14-4-1-12(2-5-14)20-22-18(29-23-20)7-8-19(25)26-10-15(24)13-3-6-16-17(9-13)28-11-27-16/h1-6,9H,7-8,10-11H2. The number of aromatic nitrogens is 2. The predicted octanol–water partition coefficient (Wildman–Crippen LogP) is 3.48. The van der Waals surface area contributed by atoms with Gasteiger partial charge < -0.3 is 18.7 Å². The fraction of sp³-hybridized carbons (Fsp3) is 0.200. The van der Waals surface area contributed by atoms with E-state index in [1.54, 1.807) is 42.5 Å². The number of Topliss-reactive ketones (excluding diaryl/α,β-unsaturated/α-hetero) is 1. The van der Waals surface area contributed by atoms with Crippen molar-refractivity contribution in [2.24, 2.45) is 0 Å². The number of benzene rings is 2. The summed E-state index contributed by atoms with van der Waals surface area (Å²) in [6.45, 7) is -0.240. The van der Waals surface area contributed by atoms with Crippen molar-refractivity contribution in [1.82, 2.24) is 10.1 Å². The molecule has 2 aromatic carbocycles. The van der Waals surface area contributed by atoms with Gasteiger partial charge in [0.05, 0.1) is 6.42 Å². The lowest BCUT2D eigenvalue weighted by molar-refractivity contribution is -0.142. The van der Waals surface area contributed by atoms with Crippen LogP contribution < -0.4 is 9.47 Å². The molecule has 0 N–H and O–H groups in total. The highest BCUT2D eigenvalue weighted by Crippen LogP contribution is 2.32. The van der Waals surface area contributed by atoms with Crippen LogP contribution in [0.25, 0.3) is 11.4 Å². The van der Waals surface area contributed by atoms with E-state index < -0.39 is 5.97 Å². The van der Waals surface area contributed by atoms with Crippen molar-refractivity contribution in [3.63, 3.8) is 0 Å². The number of halogens is 1. The van der Waals surface area contributed by atoms with Crippen molar-refractivity contribution >= 4 is 23.4 Å². The highest BCUT2D eigenvalue weighted by atomic mass is 35.5. The summed E-state index contributed by atoms with van der Waals surface area (Å²) in [4.78, 5) is 28.4. The molecule has 1 aromatic heterocycles. The molecule has 0 saturated heterocycles. The molecule has 1 aliphatic heterocycles. The van der Waals surface area contributed by atoms with Crippen LogP contribution in [0.5, 0.6) is 11.5 Å². The van der Waals surface area contributed by atoms with Crippen LogP contribution in [0.1, 0.15) is 22.7 Å². The summed E-state index contributed by atoms with van der Waals surface area (Å²) in [5.41, 5.74) is 1.13. The summed E-state index contributed by atoms with van der Waals surface area (Å²) in [5, 5.41) is 4.49. The number of hydrogen-bond donors (Lipinski definition) is 0. The Hall–Kier alpha value is -3.39. The minimum Gasteiger partial charge on any atom is -0.457 e. The summed E-state index contributed by atoms with van der Waals surface area (Å²) >= 11 is 5.85. The second-order valence-electron chi connectivity index (χ2n) is 6.17. The van der Waals surface area contributed by atoms with E-state index in [-0.39, 0.29) is 32.0 Å². The van der Waals surface area contributed by atoms with Crippen molar-refractivity contribution < 1.29 is 28.3 Å². The van der Waals surface area contributed by atoms with Gasteiger partial charge in [-0.25, -0.2) is 0 Å². The maximum Gasteiger partial charge on any atom is 0.306 e. The normalized spacial score (nSPS) is 12.0. The van der Waals surface area contributed by atoms with E-state index in [0.717, 1.165) is 5.56 Å². The SMILES string of the molecule is O=C(CCc1nc(-c2ccc(Cl)cc2)no1)OCC(=O)c1ccc2c(c1)OCO2. The molecular weight excluding hydrogens is 400 g/mol. The van der Waals surface area contributed by atoms with Gasteiger partial charge in [0.15, 0.2) is 23.9 Å². The lowest BCUT2D eigenvalue weighted by atomic mass is 10.1. The molecule has 0 fully saturated rings. The first kappa shape index (κ1) is 18.9. The second kappa shape index (κ2) is 8.32. The van der Waals surface area contributed by atoms with E-state index >= 15 is 0 Å². The molecule has 4 rings (SSSR count). The lowest BCUT2D eigenvalue weighted by Gasteiger charge is -2.04. The Balaban J connectivity index is 1.26. The maximum absolute atomic E-state index is 12.2. The first-order valence-corrected chi connectivity index (χ1v) is 9.13. The Morgan fingerprint density at radius 1 is 1.07 bits per heavy atom. The highest BCUT2D eigenvalue weighted by Gasteiger charge is 2.18. The molecule has 8 nitrogen and oxygen atoms in total. The molecular formula is C20H15ClN2O6. The minimum atomic E-state index is -0.537. The van der Waals surface area contributed by atoms with Gasteiger partial charge >= 0.3 is 5.97 Å². The van der Waals surface area contributed by atoms with E-state index in [9.17, 15) is 9.59 Å². The first-order chi connectivity index (χ1) is 14.1. The molecule has 29 heavy (non-hydrogen) atoms. The quantitative estimate of drug-likeness (QED) is 0.428. The topological polar surface area (TPSA) is 101 Å². The average Bonchev–Trinajstić information content (AvgIpc) is 3.40. The number of aryl methyl sites for hydroxylation is 1. The van der Waals surface area contributed by atoms with Crippen LogP contribution in [-0.2, 0) is 16.0 Å². The minimum absolute atomic E-state index is 0.0106. The Labute approximate surface area is 170 Å². The molecule has 0 amide bonds. The summed E-state index contributed by atoms with van der Waals surface area (Å²) in [7, 11) is 0. The molecule has 0 bridgehead atoms. The van der Waals surface area contributed by atoms with Crippen LogP contribution in [0.3, 0.4) is 0 Å². The van der Waals surface area contributed by atoms with E-state index in [1.807, 2.05) is 0 Å². The smallest absolute Gasteiger partial charge is 0.306 e. The van der Waals surface area contributed by atoms with Crippen LogP contribution in [0.2, 0.25) is 5.02 Å². The number of nitrogens with zero attached hydrogens (tertiary/aromatic N) is 2. The van der Waals surface area contributed by atoms with Gasteiger partial charge in [-0.2, -0.15) is 4.98 Å². The lowest BCUT2D eigenvalue weighted by Crippen LogP contribution is -2.14. The molecule has 0 spiro atoms. The van der Waals surface area contributed by atoms with E-state index in [1.165, 1.54) is 0 Å². The number of carbonyl (C=O) groups is 2.